The van der Waals surface area contributed by atoms with E-state index in [4.69, 9.17) is 11.6 Å². The minimum absolute atomic E-state index is 0.0626. The number of carbonyl (C=O) groups excluding carboxylic acids is 1. The number of aliphatic hydroxyl groups is 3. The third-order valence-corrected chi connectivity index (χ3v) is 11.5. The molecule has 0 spiro atoms. The predicted molar refractivity (Wildman–Crippen MR) is 151 cm³/mol. The molecule has 13 heteroatoms. The van der Waals surface area contributed by atoms with E-state index in [1.807, 2.05) is 6.92 Å². The molecule has 2 saturated carbocycles. The topological polar surface area (TPSA) is 137 Å². The van der Waals surface area contributed by atoms with Crippen LogP contribution in [-0.2, 0) is 9.84 Å². The summed E-state index contributed by atoms with van der Waals surface area (Å²) in [5.41, 5.74) is -1.55. The smallest absolute Gasteiger partial charge is 0.255 e. The van der Waals surface area contributed by atoms with Crippen molar-refractivity contribution in [3.8, 4) is 0 Å². The number of nitrogens with one attached hydrogen (secondary N) is 1. The maximum atomic E-state index is 13.9. The van der Waals surface area contributed by atoms with Gasteiger partial charge < -0.3 is 20.6 Å². The van der Waals surface area contributed by atoms with Crippen molar-refractivity contribution in [2.24, 2.45) is 17.8 Å². The monoisotopic (exact) mass is 638 g/mol. The predicted octanol–water partition coefficient (Wildman–Crippen LogP) is 4.83. The number of hydrogen-bond acceptors (Lipinski definition) is 7. The molecule has 2 fully saturated rings. The van der Waals surface area contributed by atoms with Crippen LogP contribution >= 0.6 is 11.6 Å². The Balaban J connectivity index is 1.36. The highest BCUT2D eigenvalue weighted by Crippen LogP contribution is 2.56. The summed E-state index contributed by atoms with van der Waals surface area (Å²) in [6.07, 6.45) is 0.841. The highest BCUT2D eigenvalue weighted by molar-refractivity contribution is 7.92. The van der Waals surface area contributed by atoms with Crippen LogP contribution in [0.25, 0.3) is 0 Å². The van der Waals surface area contributed by atoms with Crippen LogP contribution in [0, 0.1) is 35.2 Å². The molecule has 3 aromatic rings. The van der Waals surface area contributed by atoms with E-state index in [1.165, 1.54) is 24.5 Å². The maximum absolute atomic E-state index is 13.9. The lowest BCUT2D eigenvalue weighted by molar-refractivity contribution is -0.113. The molecule has 3 unspecified atom stereocenters. The van der Waals surface area contributed by atoms with E-state index >= 15 is 0 Å². The van der Waals surface area contributed by atoms with Gasteiger partial charge in [0.2, 0.25) is 0 Å². The van der Waals surface area contributed by atoms with Gasteiger partial charge in [-0.25, -0.2) is 21.6 Å². The van der Waals surface area contributed by atoms with Gasteiger partial charge in [-0.1, -0.05) is 24.6 Å². The SMILES string of the molecule is C[C@H]1CC2C[C@@H](S(=O)(=O)c3cc(C(=O)Nc4cc(F)c(F)c(F)c4)ccc3Cl)C[C@H]1[C@@]2(O)CC(O)C(O)c1cccnc1. The lowest BCUT2D eigenvalue weighted by Crippen LogP contribution is -2.51. The number of carbonyl (C=O) groups is 1. The maximum Gasteiger partial charge on any atom is 0.255 e. The first-order valence-corrected chi connectivity index (χ1v) is 15.6. The second kappa shape index (κ2) is 11.8. The number of amides is 1. The van der Waals surface area contributed by atoms with Gasteiger partial charge in [-0.3, -0.25) is 9.78 Å². The zero-order chi connectivity index (χ0) is 31.3. The van der Waals surface area contributed by atoms with Gasteiger partial charge in [0.1, 0.15) is 6.10 Å². The fraction of sp³-hybridized carbons (Fsp3) is 0.400. The fourth-order valence-corrected chi connectivity index (χ4v) is 9.09. The Kier molecular flexibility index (Phi) is 8.62. The van der Waals surface area contributed by atoms with Crippen LogP contribution in [0.15, 0.2) is 59.8 Å². The summed E-state index contributed by atoms with van der Waals surface area (Å²) in [4.78, 5) is 16.5. The van der Waals surface area contributed by atoms with Crippen LogP contribution in [0.4, 0.5) is 18.9 Å². The summed E-state index contributed by atoms with van der Waals surface area (Å²) in [5.74, 6) is -6.67. The molecule has 2 aliphatic rings. The minimum Gasteiger partial charge on any atom is -0.390 e. The van der Waals surface area contributed by atoms with E-state index in [2.05, 4.69) is 10.3 Å². The molecular formula is C30H30ClF3N2O6S. The van der Waals surface area contributed by atoms with Crippen molar-refractivity contribution in [2.45, 2.75) is 60.6 Å². The van der Waals surface area contributed by atoms with E-state index in [0.29, 0.717) is 24.1 Å². The molecule has 2 aliphatic carbocycles. The summed E-state index contributed by atoms with van der Waals surface area (Å²) in [7, 11) is -4.14. The van der Waals surface area contributed by atoms with Crippen molar-refractivity contribution >= 4 is 33.0 Å². The molecule has 2 bridgehead atoms. The van der Waals surface area contributed by atoms with E-state index < -0.39 is 68.1 Å². The fourth-order valence-electron chi connectivity index (χ4n) is 6.71. The van der Waals surface area contributed by atoms with Crippen molar-refractivity contribution in [3.05, 3.63) is 88.5 Å². The summed E-state index contributed by atoms with van der Waals surface area (Å²) in [5, 5.41) is 34.4. The molecule has 7 atom stereocenters. The number of fused-ring (bicyclic) bond motifs is 2. The van der Waals surface area contributed by atoms with Gasteiger partial charge in [-0.2, -0.15) is 0 Å². The zero-order valence-corrected chi connectivity index (χ0v) is 24.5. The van der Waals surface area contributed by atoms with E-state index in [1.54, 1.807) is 12.1 Å². The Hall–Kier alpha value is -3.03. The number of halogens is 4. The van der Waals surface area contributed by atoms with Gasteiger partial charge >= 0.3 is 0 Å². The molecule has 4 N–H and O–H groups in total. The number of rotatable bonds is 8. The van der Waals surface area contributed by atoms with Crippen molar-refractivity contribution in [2.75, 3.05) is 5.32 Å². The molecular weight excluding hydrogens is 609 g/mol. The van der Waals surface area contributed by atoms with E-state index in [9.17, 15) is 41.7 Å². The number of nitrogens with zero attached hydrogens (tertiary/aromatic N) is 1. The van der Waals surface area contributed by atoms with Gasteiger partial charge in [0.15, 0.2) is 27.3 Å². The van der Waals surface area contributed by atoms with Crippen molar-refractivity contribution in [3.63, 3.8) is 0 Å². The van der Waals surface area contributed by atoms with Crippen molar-refractivity contribution < 1.29 is 41.7 Å². The number of benzene rings is 2. The zero-order valence-electron chi connectivity index (χ0n) is 22.9. The Morgan fingerprint density at radius 3 is 2.44 bits per heavy atom. The summed E-state index contributed by atoms with van der Waals surface area (Å²) >= 11 is 6.29. The Morgan fingerprint density at radius 1 is 1.12 bits per heavy atom. The number of aromatic nitrogens is 1. The number of anilines is 1. The van der Waals surface area contributed by atoms with Crippen molar-refractivity contribution in [1.29, 1.82) is 0 Å². The number of sulfone groups is 1. The number of pyridine rings is 1. The lowest BCUT2D eigenvalue weighted by atomic mass is 9.70. The van der Waals surface area contributed by atoms with E-state index in [-0.39, 0.29) is 46.3 Å². The first-order valence-electron chi connectivity index (χ1n) is 13.7. The molecule has 230 valence electrons. The van der Waals surface area contributed by atoms with Gasteiger partial charge in [0.05, 0.1) is 26.9 Å². The molecule has 0 aliphatic heterocycles. The van der Waals surface area contributed by atoms with Crippen LogP contribution in [0.1, 0.15) is 54.6 Å². The molecule has 43 heavy (non-hydrogen) atoms. The van der Waals surface area contributed by atoms with Gasteiger partial charge in [0, 0.05) is 47.8 Å². The van der Waals surface area contributed by atoms with Crippen LogP contribution in [-0.4, -0.2) is 51.6 Å². The van der Waals surface area contributed by atoms with E-state index in [0.717, 1.165) is 6.07 Å². The molecule has 1 amide bonds. The van der Waals surface area contributed by atoms with Crippen LogP contribution < -0.4 is 5.32 Å². The molecule has 0 saturated heterocycles. The largest absolute Gasteiger partial charge is 0.390 e. The second-order valence-corrected chi connectivity index (χ2v) is 14.1. The molecule has 1 aromatic heterocycles. The van der Waals surface area contributed by atoms with Gasteiger partial charge in [-0.15, -0.1) is 0 Å². The summed E-state index contributed by atoms with van der Waals surface area (Å²) in [6.45, 7) is 1.91. The van der Waals surface area contributed by atoms with Gasteiger partial charge in [-0.05, 0) is 61.3 Å². The second-order valence-electron chi connectivity index (χ2n) is 11.5. The first kappa shape index (κ1) is 31.4. The Labute approximate surface area is 251 Å². The summed E-state index contributed by atoms with van der Waals surface area (Å²) in [6, 6.07) is 7.96. The normalized spacial score (nSPS) is 26.6. The van der Waals surface area contributed by atoms with Crippen LogP contribution in [0.2, 0.25) is 5.02 Å². The lowest BCUT2D eigenvalue weighted by Gasteiger charge is -2.44. The highest BCUT2D eigenvalue weighted by Gasteiger charge is 2.59. The minimum atomic E-state index is -4.14. The number of hydrogen-bond donors (Lipinski definition) is 4. The third-order valence-electron chi connectivity index (χ3n) is 8.86. The molecule has 1 heterocycles. The Morgan fingerprint density at radius 2 is 1.81 bits per heavy atom. The number of aliphatic hydroxyl groups excluding tert-OH is 2. The highest BCUT2D eigenvalue weighted by atomic mass is 35.5. The molecule has 5 rings (SSSR count). The summed E-state index contributed by atoms with van der Waals surface area (Å²) < 4.78 is 68.3. The standard InChI is InChI=1S/C30H30ClF3N2O6S/c1-15-7-18-9-20(12-21(15)30(18,40)13-25(37)28(38)17-3-2-6-35-14-17)43(41,42)26-8-16(4-5-22(26)31)29(39)36-19-10-23(32)27(34)24(33)11-19/h2-6,8,10-11,14-15,18,20-21,25,28,37-38,40H,7,9,12-13H2,1H3,(H,36,39)/t15-,18?,20+,21+,25?,28?,30+/m0/s1. The first-order chi connectivity index (χ1) is 20.2. The third kappa shape index (κ3) is 5.91. The van der Waals surface area contributed by atoms with Crippen LogP contribution in [0.3, 0.4) is 0 Å². The average molecular weight is 639 g/mol. The van der Waals surface area contributed by atoms with Crippen LogP contribution in [0.5, 0.6) is 0 Å². The quantitative estimate of drug-likeness (QED) is 0.260. The molecule has 8 nitrogen and oxygen atoms in total. The van der Waals surface area contributed by atoms with Crippen molar-refractivity contribution in [1.82, 2.24) is 4.98 Å². The van der Waals surface area contributed by atoms with Gasteiger partial charge in [0.25, 0.3) is 5.91 Å². The average Bonchev–Trinajstić information content (AvgIpc) is 3.08. The molecule has 0 radical (unpaired) electrons. The molecule has 2 aromatic carbocycles. The Bertz CT molecular complexity index is 1620.